The van der Waals surface area contributed by atoms with E-state index >= 15 is 0 Å². The van der Waals surface area contributed by atoms with Gasteiger partial charge in [0.1, 0.15) is 5.01 Å². The van der Waals surface area contributed by atoms with Gasteiger partial charge in [0.2, 0.25) is 10.0 Å². The largest absolute Gasteiger partial charge is 0.417 e. The maximum absolute atomic E-state index is 13.5. The van der Waals surface area contributed by atoms with Crippen LogP contribution in [0.5, 0.6) is 0 Å². The molecule has 148 valence electrons. The van der Waals surface area contributed by atoms with Crippen molar-refractivity contribution in [2.45, 2.75) is 30.0 Å². The van der Waals surface area contributed by atoms with Gasteiger partial charge in [-0.15, -0.1) is 11.3 Å². The van der Waals surface area contributed by atoms with Gasteiger partial charge in [0, 0.05) is 11.6 Å². The van der Waals surface area contributed by atoms with E-state index in [0.717, 1.165) is 26.7 Å². The minimum atomic E-state index is -4.83. The molecule has 1 aliphatic heterocycles. The molecule has 1 unspecified atom stereocenters. The molecular formula is C18H14ClF3N2O2S2. The summed E-state index contributed by atoms with van der Waals surface area (Å²) < 4.78 is 68.7. The molecule has 0 radical (unpaired) electrons. The quantitative estimate of drug-likeness (QED) is 0.534. The Hall–Kier alpha value is -1.68. The third-order valence-corrected chi connectivity index (χ3v) is 7.97. The van der Waals surface area contributed by atoms with E-state index in [9.17, 15) is 21.6 Å². The van der Waals surface area contributed by atoms with E-state index in [0.29, 0.717) is 23.9 Å². The maximum atomic E-state index is 13.5. The van der Waals surface area contributed by atoms with Crippen molar-refractivity contribution in [1.82, 2.24) is 9.29 Å². The third kappa shape index (κ3) is 3.41. The van der Waals surface area contributed by atoms with Crippen LogP contribution < -0.4 is 0 Å². The van der Waals surface area contributed by atoms with Crippen LogP contribution in [0.2, 0.25) is 5.02 Å². The van der Waals surface area contributed by atoms with Crippen LogP contribution in [-0.4, -0.2) is 24.3 Å². The first-order valence-electron chi connectivity index (χ1n) is 8.42. The summed E-state index contributed by atoms with van der Waals surface area (Å²) in [6.45, 7) is 0.142. The number of sulfonamides is 1. The fraction of sp³-hybridized carbons (Fsp3) is 0.278. The van der Waals surface area contributed by atoms with Crippen LogP contribution in [-0.2, 0) is 16.2 Å². The van der Waals surface area contributed by atoms with E-state index in [1.54, 1.807) is 0 Å². The van der Waals surface area contributed by atoms with Gasteiger partial charge in [0.05, 0.1) is 26.7 Å². The van der Waals surface area contributed by atoms with Gasteiger partial charge in [-0.05, 0) is 43.2 Å². The van der Waals surface area contributed by atoms with Gasteiger partial charge in [0.25, 0.3) is 0 Å². The normalized spacial score (nSPS) is 18.8. The smallest absolute Gasteiger partial charge is 0.239 e. The monoisotopic (exact) mass is 446 g/mol. The number of alkyl halides is 3. The summed E-state index contributed by atoms with van der Waals surface area (Å²) in [7, 11) is -4.38. The Balaban J connectivity index is 1.79. The van der Waals surface area contributed by atoms with Gasteiger partial charge in [-0.1, -0.05) is 23.7 Å². The van der Waals surface area contributed by atoms with E-state index in [4.69, 9.17) is 11.6 Å². The minimum absolute atomic E-state index is 0.142. The van der Waals surface area contributed by atoms with Crippen molar-refractivity contribution < 1.29 is 21.6 Å². The summed E-state index contributed by atoms with van der Waals surface area (Å²) in [5.41, 5.74) is -0.510. The molecule has 4 nitrogen and oxygen atoms in total. The van der Waals surface area contributed by atoms with E-state index < -0.39 is 32.7 Å². The number of hydrogen-bond donors (Lipinski definition) is 0. The molecule has 4 rings (SSSR count). The number of aromatic nitrogens is 1. The lowest BCUT2D eigenvalue weighted by Gasteiger charge is -2.24. The van der Waals surface area contributed by atoms with Crippen LogP contribution in [0.3, 0.4) is 0 Å². The molecule has 0 spiro atoms. The Labute approximate surface area is 168 Å². The Morgan fingerprint density at radius 2 is 1.93 bits per heavy atom. The summed E-state index contributed by atoms with van der Waals surface area (Å²) in [6, 6.07) is 9.54. The Bertz CT molecular complexity index is 1110. The standard InChI is InChI=1S/C18H14ClF3N2O2S2/c19-11-7-8-16(12(10-11)18(20,21)22)28(25,26)24-9-3-5-14(24)17-23-13-4-1-2-6-15(13)27-17/h1-2,4,6-8,10,14H,3,5,9H2. The second-order valence-electron chi connectivity index (χ2n) is 6.43. The number of fused-ring (bicyclic) bond motifs is 1. The number of benzene rings is 2. The molecule has 1 aromatic heterocycles. The SMILES string of the molecule is O=S(=O)(c1ccc(Cl)cc1C(F)(F)F)N1CCCC1c1nc2ccccc2s1. The minimum Gasteiger partial charge on any atom is -0.239 e. The zero-order valence-corrected chi connectivity index (χ0v) is 16.7. The summed E-state index contributed by atoms with van der Waals surface area (Å²) in [5, 5.41) is 0.417. The van der Waals surface area contributed by atoms with Crippen molar-refractivity contribution in [2.24, 2.45) is 0 Å². The molecule has 2 aromatic carbocycles. The molecule has 0 bridgehead atoms. The Morgan fingerprint density at radius 1 is 1.18 bits per heavy atom. The van der Waals surface area contributed by atoms with Crippen LogP contribution in [0.1, 0.15) is 29.5 Å². The predicted octanol–water partition coefficient (Wildman–Crippen LogP) is 5.49. The lowest BCUT2D eigenvalue weighted by Crippen LogP contribution is -2.32. The van der Waals surface area contributed by atoms with Crippen molar-refractivity contribution in [3.05, 3.63) is 58.1 Å². The molecule has 0 N–H and O–H groups in total. The number of hydrogen-bond acceptors (Lipinski definition) is 4. The molecule has 1 aliphatic rings. The van der Waals surface area contributed by atoms with Gasteiger partial charge >= 0.3 is 6.18 Å². The fourth-order valence-corrected chi connectivity index (χ4v) is 6.59. The van der Waals surface area contributed by atoms with Crippen molar-refractivity contribution in [2.75, 3.05) is 6.54 Å². The molecule has 1 saturated heterocycles. The summed E-state index contributed by atoms with van der Waals surface area (Å²) in [6.07, 6.45) is -3.78. The molecule has 1 fully saturated rings. The molecule has 0 amide bonds. The van der Waals surface area contributed by atoms with Gasteiger partial charge in [-0.2, -0.15) is 17.5 Å². The molecule has 10 heteroatoms. The van der Waals surface area contributed by atoms with Crippen LogP contribution in [0.15, 0.2) is 47.4 Å². The maximum Gasteiger partial charge on any atom is 0.417 e. The second-order valence-corrected chi connectivity index (χ2v) is 9.79. The Kier molecular flexibility index (Phi) is 4.89. The van der Waals surface area contributed by atoms with Gasteiger partial charge in [-0.3, -0.25) is 0 Å². The third-order valence-electron chi connectivity index (χ3n) is 4.63. The highest BCUT2D eigenvalue weighted by atomic mass is 35.5. The fourth-order valence-electron chi connectivity index (χ4n) is 3.38. The highest BCUT2D eigenvalue weighted by Gasteiger charge is 2.43. The number of halogens is 4. The predicted molar refractivity (Wildman–Crippen MR) is 102 cm³/mol. The first-order valence-corrected chi connectivity index (χ1v) is 11.1. The van der Waals surface area contributed by atoms with Crippen LogP contribution in [0.4, 0.5) is 13.2 Å². The zero-order chi connectivity index (χ0) is 20.1. The molecule has 2 heterocycles. The number of nitrogens with zero attached hydrogens (tertiary/aromatic N) is 2. The summed E-state index contributed by atoms with van der Waals surface area (Å²) in [4.78, 5) is 3.73. The molecule has 3 aromatic rings. The second kappa shape index (κ2) is 6.98. The van der Waals surface area contributed by atoms with E-state index in [2.05, 4.69) is 4.98 Å². The van der Waals surface area contributed by atoms with Crippen molar-refractivity contribution in [3.8, 4) is 0 Å². The Morgan fingerprint density at radius 3 is 2.64 bits per heavy atom. The van der Waals surface area contributed by atoms with E-state index in [1.807, 2.05) is 24.3 Å². The highest BCUT2D eigenvalue weighted by Crippen LogP contribution is 2.43. The van der Waals surface area contributed by atoms with Crippen LogP contribution >= 0.6 is 22.9 Å². The highest BCUT2D eigenvalue weighted by molar-refractivity contribution is 7.89. The van der Waals surface area contributed by atoms with Crippen molar-refractivity contribution in [1.29, 1.82) is 0 Å². The zero-order valence-electron chi connectivity index (χ0n) is 14.3. The van der Waals surface area contributed by atoms with Crippen LogP contribution in [0, 0.1) is 0 Å². The van der Waals surface area contributed by atoms with Gasteiger partial charge in [-0.25, -0.2) is 13.4 Å². The average Bonchev–Trinajstić information content (AvgIpc) is 3.27. The summed E-state index contributed by atoms with van der Waals surface area (Å²) >= 11 is 7.05. The van der Waals surface area contributed by atoms with Gasteiger partial charge in [0.15, 0.2) is 0 Å². The first kappa shape index (κ1) is 19.6. The number of para-hydroxylation sites is 1. The van der Waals surface area contributed by atoms with E-state index in [-0.39, 0.29) is 11.6 Å². The molecule has 28 heavy (non-hydrogen) atoms. The summed E-state index contributed by atoms with van der Waals surface area (Å²) in [5.74, 6) is 0. The molecule has 1 atom stereocenters. The van der Waals surface area contributed by atoms with Crippen LogP contribution in [0.25, 0.3) is 10.2 Å². The molecule has 0 aliphatic carbocycles. The lowest BCUT2D eigenvalue weighted by molar-refractivity contribution is -0.139. The molecular weight excluding hydrogens is 433 g/mol. The van der Waals surface area contributed by atoms with Gasteiger partial charge < -0.3 is 0 Å². The number of thiazole rings is 1. The van der Waals surface area contributed by atoms with E-state index in [1.165, 1.54) is 11.3 Å². The average molecular weight is 447 g/mol. The number of rotatable bonds is 3. The van der Waals surface area contributed by atoms with Crippen molar-refractivity contribution in [3.63, 3.8) is 0 Å². The first-order chi connectivity index (χ1) is 13.2. The molecule has 0 saturated carbocycles. The van der Waals surface area contributed by atoms with Crippen molar-refractivity contribution >= 4 is 43.2 Å². The lowest BCUT2D eigenvalue weighted by atomic mass is 10.2. The topological polar surface area (TPSA) is 50.3 Å².